The molecular weight excluding hydrogens is 399 g/mol. The number of nitrogens with two attached hydrogens (primary N) is 1. The van der Waals surface area contributed by atoms with Crippen molar-refractivity contribution in [1.82, 2.24) is 5.32 Å². The first-order valence-corrected chi connectivity index (χ1v) is 9.45. The van der Waals surface area contributed by atoms with Crippen LogP contribution in [0.3, 0.4) is 0 Å². The molecule has 3 N–H and O–H groups in total. The summed E-state index contributed by atoms with van der Waals surface area (Å²) in [6, 6.07) is 15.9. The van der Waals surface area contributed by atoms with Crippen molar-refractivity contribution in [3.05, 3.63) is 77.6 Å². The number of rotatable bonds is 4. The quantitative estimate of drug-likeness (QED) is 0.372. The van der Waals surface area contributed by atoms with Gasteiger partial charge in [-0.1, -0.05) is 12.1 Å². The predicted molar refractivity (Wildman–Crippen MR) is 116 cm³/mol. The molecule has 0 radical (unpaired) electrons. The molecule has 0 aliphatic carbocycles. The fourth-order valence-corrected chi connectivity index (χ4v) is 3.50. The summed E-state index contributed by atoms with van der Waals surface area (Å²) in [5.74, 6) is -0.890. The number of amides is 1. The Morgan fingerprint density at radius 1 is 1.03 bits per heavy atom. The first-order valence-electron chi connectivity index (χ1n) is 9.45. The summed E-state index contributed by atoms with van der Waals surface area (Å²) < 4.78 is 24.1. The van der Waals surface area contributed by atoms with Crippen LogP contribution in [0.1, 0.15) is 20.7 Å². The van der Waals surface area contributed by atoms with Gasteiger partial charge in [-0.3, -0.25) is 4.79 Å². The van der Waals surface area contributed by atoms with Crippen molar-refractivity contribution in [3.8, 4) is 22.5 Å². The number of hydrogen-bond acceptors (Lipinski definition) is 5. The van der Waals surface area contributed by atoms with Gasteiger partial charge in [-0.2, -0.15) is 0 Å². The number of ether oxygens (including phenoxy) is 1. The zero-order chi connectivity index (χ0) is 22.1. The Kier molecular flexibility index (Phi) is 5.17. The van der Waals surface area contributed by atoms with Gasteiger partial charge in [-0.05, 0) is 48.0 Å². The molecule has 0 saturated carbocycles. The second-order valence-electron chi connectivity index (χ2n) is 6.90. The zero-order valence-electron chi connectivity index (χ0n) is 16.9. The highest BCUT2D eigenvalue weighted by Crippen LogP contribution is 2.39. The first-order chi connectivity index (χ1) is 14.9. The lowest BCUT2D eigenvalue weighted by Gasteiger charge is -2.08. The third kappa shape index (κ3) is 3.61. The summed E-state index contributed by atoms with van der Waals surface area (Å²) in [6.45, 7) is 0. The van der Waals surface area contributed by atoms with Crippen LogP contribution in [0.5, 0.6) is 0 Å². The van der Waals surface area contributed by atoms with Crippen molar-refractivity contribution in [2.75, 3.05) is 19.9 Å². The third-order valence-corrected chi connectivity index (χ3v) is 5.02. The number of nitrogen functional groups attached to an aromatic ring is 1. The van der Waals surface area contributed by atoms with Gasteiger partial charge >= 0.3 is 5.97 Å². The van der Waals surface area contributed by atoms with Crippen molar-refractivity contribution in [1.29, 1.82) is 0 Å². The maximum atomic E-state index is 13.4. The second kappa shape index (κ2) is 7.95. The lowest BCUT2D eigenvalue weighted by atomic mass is 9.97. The van der Waals surface area contributed by atoms with Crippen LogP contribution >= 0.6 is 0 Å². The molecule has 0 spiro atoms. The molecule has 7 heteroatoms. The molecule has 0 saturated heterocycles. The van der Waals surface area contributed by atoms with E-state index in [1.807, 2.05) is 6.07 Å². The van der Waals surface area contributed by atoms with Gasteiger partial charge in [-0.15, -0.1) is 0 Å². The molecule has 0 fully saturated rings. The first kappa shape index (κ1) is 20.2. The number of carbonyl (C=O) groups excluding carboxylic acids is 2. The molecule has 0 aliphatic heterocycles. The minimum Gasteiger partial charge on any atom is -0.465 e. The molecule has 156 valence electrons. The maximum absolute atomic E-state index is 13.4. The molecule has 6 nitrogen and oxygen atoms in total. The zero-order valence-corrected chi connectivity index (χ0v) is 16.9. The smallest absolute Gasteiger partial charge is 0.337 e. The maximum Gasteiger partial charge on any atom is 0.337 e. The van der Waals surface area contributed by atoms with Crippen molar-refractivity contribution in [3.63, 3.8) is 0 Å². The Bertz CT molecular complexity index is 1310. The number of furan rings is 1. The van der Waals surface area contributed by atoms with Crippen molar-refractivity contribution < 1.29 is 23.1 Å². The van der Waals surface area contributed by atoms with Crippen molar-refractivity contribution in [2.24, 2.45) is 0 Å². The molecule has 0 aliphatic rings. The van der Waals surface area contributed by atoms with Crippen LogP contribution in [0.25, 0.3) is 33.4 Å². The minimum absolute atomic E-state index is 0.314. The average molecular weight is 418 g/mol. The van der Waals surface area contributed by atoms with Crippen molar-refractivity contribution in [2.45, 2.75) is 0 Å². The molecule has 4 rings (SSSR count). The second-order valence-corrected chi connectivity index (χ2v) is 6.90. The number of nitrogens with one attached hydrogen (secondary N) is 1. The number of fused-ring (bicyclic) bond motifs is 1. The van der Waals surface area contributed by atoms with E-state index in [2.05, 4.69) is 5.32 Å². The van der Waals surface area contributed by atoms with Gasteiger partial charge in [-0.25, -0.2) is 9.18 Å². The highest BCUT2D eigenvalue weighted by atomic mass is 19.1. The molecule has 4 aromatic rings. The summed E-state index contributed by atoms with van der Waals surface area (Å²) in [6.07, 6.45) is 0. The molecule has 0 atom stereocenters. The summed E-state index contributed by atoms with van der Waals surface area (Å²) in [5, 5.41) is 3.17. The third-order valence-electron chi connectivity index (χ3n) is 5.02. The largest absolute Gasteiger partial charge is 0.465 e. The lowest BCUT2D eigenvalue weighted by Crippen LogP contribution is -2.18. The number of carbonyl (C=O) groups is 2. The van der Waals surface area contributed by atoms with Crippen molar-refractivity contribution >= 4 is 28.5 Å². The van der Waals surface area contributed by atoms with Gasteiger partial charge < -0.3 is 20.2 Å². The van der Waals surface area contributed by atoms with E-state index >= 15 is 0 Å². The highest BCUT2D eigenvalue weighted by Gasteiger charge is 2.23. The van der Waals surface area contributed by atoms with E-state index in [-0.39, 0.29) is 5.91 Å². The topological polar surface area (TPSA) is 94.6 Å². The number of hydrogen-bond donors (Lipinski definition) is 2. The van der Waals surface area contributed by atoms with Crippen LogP contribution in [0.2, 0.25) is 0 Å². The normalized spacial score (nSPS) is 10.8. The Morgan fingerprint density at radius 3 is 2.45 bits per heavy atom. The number of esters is 1. The van der Waals surface area contributed by atoms with Crippen LogP contribution in [-0.4, -0.2) is 26.0 Å². The average Bonchev–Trinajstić information content (AvgIpc) is 3.16. The fourth-order valence-electron chi connectivity index (χ4n) is 3.50. The molecule has 1 amide bonds. The minimum atomic E-state index is -0.463. The van der Waals surface area contributed by atoms with E-state index in [0.717, 1.165) is 0 Å². The van der Waals surface area contributed by atoms with E-state index in [1.54, 1.807) is 42.5 Å². The Morgan fingerprint density at radius 2 is 1.77 bits per heavy atom. The van der Waals surface area contributed by atoms with Gasteiger partial charge in [0.25, 0.3) is 5.91 Å². The molecular formula is C24H19FN2O4. The molecule has 1 heterocycles. The van der Waals surface area contributed by atoms with Crippen LogP contribution in [0.4, 0.5) is 10.1 Å². The number of anilines is 1. The van der Waals surface area contributed by atoms with Crippen LogP contribution in [0.15, 0.2) is 65.1 Å². The molecule has 0 bridgehead atoms. The monoisotopic (exact) mass is 418 g/mol. The fraction of sp³-hybridized carbons (Fsp3) is 0.0833. The van der Waals surface area contributed by atoms with E-state index in [1.165, 1.54) is 26.3 Å². The number of halogens is 1. The van der Waals surface area contributed by atoms with E-state index in [0.29, 0.717) is 50.2 Å². The molecule has 1 aromatic heterocycles. The van der Waals surface area contributed by atoms with Gasteiger partial charge in [0, 0.05) is 35.3 Å². The Balaban J connectivity index is 1.95. The van der Waals surface area contributed by atoms with Crippen LogP contribution in [0, 0.1) is 5.82 Å². The summed E-state index contributed by atoms with van der Waals surface area (Å²) in [7, 11) is 2.83. The summed E-state index contributed by atoms with van der Waals surface area (Å²) in [4.78, 5) is 24.6. The SMILES string of the molecule is CNC(=O)c1c(-c2ccc(F)cc2)oc2cc(N)c(-c3cccc(C(=O)OC)c3)cc12. The Labute approximate surface area is 177 Å². The van der Waals surface area contributed by atoms with Crippen LogP contribution < -0.4 is 11.1 Å². The number of benzene rings is 3. The number of methoxy groups -OCH3 is 1. The molecule has 31 heavy (non-hydrogen) atoms. The van der Waals surface area contributed by atoms with E-state index < -0.39 is 11.8 Å². The highest BCUT2D eigenvalue weighted by molar-refractivity contribution is 6.12. The summed E-state index contributed by atoms with van der Waals surface area (Å²) >= 11 is 0. The molecule has 3 aromatic carbocycles. The van der Waals surface area contributed by atoms with Gasteiger partial charge in [0.05, 0.1) is 18.2 Å². The van der Waals surface area contributed by atoms with Crippen LogP contribution in [-0.2, 0) is 4.74 Å². The standard InChI is InChI=1S/C24H19FN2O4/c1-27-23(28)21-18-11-17(14-4-3-5-15(10-14)24(29)30-2)19(26)12-20(18)31-22(21)13-6-8-16(25)9-7-13/h3-12H,26H2,1-2H3,(H,27,28). The van der Waals surface area contributed by atoms with Gasteiger partial charge in [0.15, 0.2) is 0 Å². The lowest BCUT2D eigenvalue weighted by molar-refractivity contribution is 0.0600. The van der Waals surface area contributed by atoms with Gasteiger partial charge in [0.2, 0.25) is 0 Å². The summed E-state index contributed by atoms with van der Waals surface area (Å²) in [5.41, 5.74) is 9.69. The predicted octanol–water partition coefficient (Wildman–Crippen LogP) is 4.63. The van der Waals surface area contributed by atoms with E-state index in [4.69, 9.17) is 14.9 Å². The Hall–Kier alpha value is -4.13. The van der Waals surface area contributed by atoms with E-state index in [9.17, 15) is 14.0 Å². The van der Waals surface area contributed by atoms with Gasteiger partial charge in [0.1, 0.15) is 17.2 Å². The molecule has 0 unspecified atom stereocenters.